The summed E-state index contributed by atoms with van der Waals surface area (Å²) in [5.74, 6) is -0.0229. The standard InChI is InChI=1S/C27H24N4O2/c32-25(15-10-19-8-12-22(13-9-19)31-16-4-7-26(31)33)30-27(20-5-2-1-3-6-20)21-11-14-23-24(17-21)29-18-28-23/h1-3,5-6,8-15,17-18,27H,4,7,16H2,(H,28,29)(H,30,32)/b15-10+. The van der Waals surface area contributed by atoms with Gasteiger partial charge in [-0.2, -0.15) is 0 Å². The molecule has 1 aliphatic rings. The summed E-state index contributed by atoms with van der Waals surface area (Å²) in [5, 5.41) is 3.13. The second kappa shape index (κ2) is 9.12. The molecule has 0 aliphatic carbocycles. The lowest BCUT2D eigenvalue weighted by Gasteiger charge is -2.19. The van der Waals surface area contributed by atoms with Crippen LogP contribution in [0.1, 0.15) is 35.6 Å². The highest BCUT2D eigenvalue weighted by Gasteiger charge is 2.21. The van der Waals surface area contributed by atoms with Gasteiger partial charge in [-0.25, -0.2) is 4.98 Å². The molecular formula is C27H24N4O2. The molecule has 3 aromatic carbocycles. The molecule has 6 nitrogen and oxygen atoms in total. The molecule has 164 valence electrons. The van der Waals surface area contributed by atoms with Crippen LogP contribution >= 0.6 is 0 Å². The van der Waals surface area contributed by atoms with Crippen LogP contribution < -0.4 is 10.2 Å². The van der Waals surface area contributed by atoms with Crippen LogP contribution in [-0.2, 0) is 9.59 Å². The highest BCUT2D eigenvalue weighted by molar-refractivity contribution is 5.95. The van der Waals surface area contributed by atoms with Gasteiger partial charge in [0.1, 0.15) is 0 Å². The maximum Gasteiger partial charge on any atom is 0.244 e. The van der Waals surface area contributed by atoms with E-state index in [1.165, 1.54) is 0 Å². The predicted molar refractivity (Wildman–Crippen MR) is 130 cm³/mol. The molecule has 2 amide bonds. The van der Waals surface area contributed by atoms with Crippen molar-refractivity contribution < 1.29 is 9.59 Å². The van der Waals surface area contributed by atoms with Crippen molar-refractivity contribution >= 4 is 34.6 Å². The van der Waals surface area contributed by atoms with E-state index in [4.69, 9.17) is 0 Å². The number of H-pyrrole nitrogens is 1. The maximum absolute atomic E-state index is 12.8. The number of nitrogens with one attached hydrogen (secondary N) is 2. The highest BCUT2D eigenvalue weighted by Crippen LogP contribution is 2.25. The Kier molecular flexibility index (Phi) is 5.72. The quantitative estimate of drug-likeness (QED) is 0.433. The van der Waals surface area contributed by atoms with Crippen molar-refractivity contribution in [3.05, 3.63) is 102 Å². The molecule has 33 heavy (non-hydrogen) atoms. The average Bonchev–Trinajstić information content (AvgIpc) is 3.50. The van der Waals surface area contributed by atoms with E-state index in [9.17, 15) is 9.59 Å². The first-order valence-corrected chi connectivity index (χ1v) is 11.0. The SMILES string of the molecule is O=C(/C=C/c1ccc(N2CCCC2=O)cc1)NC(c1ccccc1)c1ccc2nc[nH]c2c1. The number of imidazole rings is 1. The fourth-order valence-electron chi connectivity index (χ4n) is 4.19. The average molecular weight is 437 g/mol. The second-order valence-electron chi connectivity index (χ2n) is 8.11. The first-order chi connectivity index (χ1) is 16.2. The number of carbonyl (C=O) groups excluding carboxylic acids is 2. The van der Waals surface area contributed by atoms with Crippen molar-refractivity contribution in [2.24, 2.45) is 0 Å². The molecule has 1 unspecified atom stereocenters. The Morgan fingerprint density at radius 3 is 2.61 bits per heavy atom. The smallest absolute Gasteiger partial charge is 0.244 e. The molecule has 6 heteroatoms. The van der Waals surface area contributed by atoms with Crippen LogP contribution in [0.5, 0.6) is 0 Å². The Balaban J connectivity index is 1.33. The molecule has 0 radical (unpaired) electrons. The van der Waals surface area contributed by atoms with Crippen LogP contribution in [0, 0.1) is 0 Å². The lowest BCUT2D eigenvalue weighted by atomic mass is 9.98. The zero-order chi connectivity index (χ0) is 22.6. The van der Waals surface area contributed by atoms with Gasteiger partial charge in [0.15, 0.2) is 0 Å². The normalized spacial score (nSPS) is 14.8. The van der Waals surface area contributed by atoms with Gasteiger partial charge in [0, 0.05) is 24.7 Å². The fraction of sp³-hybridized carbons (Fsp3) is 0.148. The van der Waals surface area contributed by atoms with Crippen molar-refractivity contribution in [2.45, 2.75) is 18.9 Å². The van der Waals surface area contributed by atoms with Crippen LogP contribution in [0.25, 0.3) is 17.1 Å². The summed E-state index contributed by atoms with van der Waals surface area (Å²) in [4.78, 5) is 34.0. The number of benzene rings is 3. The number of aromatic amines is 1. The fourth-order valence-corrected chi connectivity index (χ4v) is 4.19. The Morgan fingerprint density at radius 1 is 1.03 bits per heavy atom. The van der Waals surface area contributed by atoms with E-state index in [1.807, 2.05) is 72.8 Å². The number of anilines is 1. The molecule has 1 saturated heterocycles. The third-order valence-corrected chi connectivity index (χ3v) is 5.90. The Hall–Kier alpha value is -4.19. The number of aromatic nitrogens is 2. The minimum Gasteiger partial charge on any atom is -0.345 e. The first kappa shape index (κ1) is 20.7. The van der Waals surface area contributed by atoms with E-state index >= 15 is 0 Å². The molecular weight excluding hydrogens is 412 g/mol. The number of nitrogens with zero attached hydrogens (tertiary/aromatic N) is 2. The molecule has 2 heterocycles. The lowest BCUT2D eigenvalue weighted by Crippen LogP contribution is -2.27. The van der Waals surface area contributed by atoms with Gasteiger partial charge in [-0.1, -0.05) is 48.5 Å². The second-order valence-corrected chi connectivity index (χ2v) is 8.11. The van der Waals surface area contributed by atoms with Gasteiger partial charge in [-0.3, -0.25) is 9.59 Å². The van der Waals surface area contributed by atoms with Gasteiger partial charge in [0.25, 0.3) is 0 Å². The monoisotopic (exact) mass is 436 g/mol. The van der Waals surface area contributed by atoms with Crippen LogP contribution in [0.4, 0.5) is 5.69 Å². The van der Waals surface area contributed by atoms with Gasteiger partial charge in [0.2, 0.25) is 11.8 Å². The summed E-state index contributed by atoms with van der Waals surface area (Å²) in [6.45, 7) is 0.766. The molecule has 5 rings (SSSR count). The van der Waals surface area contributed by atoms with Crippen LogP contribution in [0.2, 0.25) is 0 Å². The van der Waals surface area contributed by atoms with Gasteiger partial charge >= 0.3 is 0 Å². The maximum atomic E-state index is 12.8. The molecule has 2 N–H and O–H groups in total. The van der Waals surface area contributed by atoms with Crippen LogP contribution in [-0.4, -0.2) is 28.3 Å². The zero-order valence-corrected chi connectivity index (χ0v) is 18.1. The molecule has 1 fully saturated rings. The molecule has 0 bridgehead atoms. The topological polar surface area (TPSA) is 78.1 Å². The van der Waals surface area contributed by atoms with Crippen LogP contribution in [0.3, 0.4) is 0 Å². The molecule has 4 aromatic rings. The third kappa shape index (κ3) is 4.55. The van der Waals surface area contributed by atoms with Gasteiger partial charge in [-0.15, -0.1) is 0 Å². The van der Waals surface area contributed by atoms with Gasteiger partial charge < -0.3 is 15.2 Å². The first-order valence-electron chi connectivity index (χ1n) is 11.0. The summed E-state index contributed by atoms with van der Waals surface area (Å²) in [5.41, 5.74) is 5.58. The number of hydrogen-bond acceptors (Lipinski definition) is 3. The van der Waals surface area contributed by atoms with E-state index in [0.29, 0.717) is 6.42 Å². The summed E-state index contributed by atoms with van der Waals surface area (Å²) >= 11 is 0. The largest absolute Gasteiger partial charge is 0.345 e. The molecule has 1 aromatic heterocycles. The van der Waals surface area contributed by atoms with E-state index in [1.54, 1.807) is 23.4 Å². The summed E-state index contributed by atoms with van der Waals surface area (Å²) in [6, 6.07) is 23.3. The van der Waals surface area contributed by atoms with Crippen molar-refractivity contribution in [1.82, 2.24) is 15.3 Å². The zero-order valence-electron chi connectivity index (χ0n) is 18.1. The number of amides is 2. The van der Waals surface area contributed by atoms with Crippen molar-refractivity contribution in [3.8, 4) is 0 Å². The molecule has 1 aliphatic heterocycles. The minimum absolute atomic E-state index is 0.165. The molecule has 0 saturated carbocycles. The van der Waals surface area contributed by atoms with Crippen molar-refractivity contribution in [2.75, 3.05) is 11.4 Å². The summed E-state index contributed by atoms with van der Waals surface area (Å²) in [6.07, 6.45) is 6.50. The Bertz CT molecular complexity index is 1310. The van der Waals surface area contributed by atoms with Crippen LogP contribution in [0.15, 0.2) is 85.2 Å². The van der Waals surface area contributed by atoms with E-state index < -0.39 is 0 Å². The Morgan fingerprint density at radius 2 is 1.85 bits per heavy atom. The summed E-state index contributed by atoms with van der Waals surface area (Å²) in [7, 11) is 0. The molecule has 0 spiro atoms. The molecule has 1 atom stereocenters. The highest BCUT2D eigenvalue weighted by atomic mass is 16.2. The minimum atomic E-state index is -0.292. The predicted octanol–water partition coefficient (Wildman–Crippen LogP) is 4.61. The number of rotatable bonds is 6. The number of hydrogen-bond donors (Lipinski definition) is 2. The van der Waals surface area contributed by atoms with E-state index in [2.05, 4.69) is 15.3 Å². The Labute approximate surface area is 192 Å². The number of carbonyl (C=O) groups is 2. The van der Waals surface area contributed by atoms with E-state index in [0.717, 1.165) is 46.4 Å². The van der Waals surface area contributed by atoms with E-state index in [-0.39, 0.29) is 17.9 Å². The number of fused-ring (bicyclic) bond motifs is 1. The van der Waals surface area contributed by atoms with Gasteiger partial charge in [0.05, 0.1) is 23.4 Å². The van der Waals surface area contributed by atoms with Crippen molar-refractivity contribution in [3.63, 3.8) is 0 Å². The van der Waals surface area contributed by atoms with Crippen molar-refractivity contribution in [1.29, 1.82) is 0 Å². The lowest BCUT2D eigenvalue weighted by molar-refractivity contribution is -0.117. The van der Waals surface area contributed by atoms with Gasteiger partial charge in [-0.05, 0) is 53.5 Å². The third-order valence-electron chi connectivity index (χ3n) is 5.90. The summed E-state index contributed by atoms with van der Waals surface area (Å²) < 4.78 is 0.